The molecule has 1 atom stereocenters. The summed E-state index contributed by atoms with van der Waals surface area (Å²) in [6.45, 7) is 2.26. The third-order valence-electron chi connectivity index (χ3n) is 4.83. The molecule has 0 radical (unpaired) electrons. The summed E-state index contributed by atoms with van der Waals surface area (Å²) in [6.07, 6.45) is 3.34. The molecular formula is C20H23ClN2O3S. The standard InChI is InChI=1S/C20H23ClN2O3S/c1-27(25,26)19-11-5-3-9-16(19)20(24)22-14-18(23-12-6-7-13-23)15-8-2-4-10-17(15)21/h2-5,8-11,18H,6-7,12-14H2,1H3,(H,22,24)/t18-/m0/s1. The van der Waals surface area contributed by atoms with Crippen LogP contribution < -0.4 is 5.32 Å². The fraction of sp³-hybridized carbons (Fsp3) is 0.350. The predicted molar refractivity (Wildman–Crippen MR) is 107 cm³/mol. The molecule has 3 rings (SSSR count). The molecule has 5 nitrogen and oxygen atoms in total. The van der Waals surface area contributed by atoms with Crippen molar-refractivity contribution in [3.63, 3.8) is 0 Å². The van der Waals surface area contributed by atoms with Crippen LogP contribution in [0.2, 0.25) is 5.02 Å². The Morgan fingerprint density at radius 2 is 1.74 bits per heavy atom. The van der Waals surface area contributed by atoms with Crippen molar-refractivity contribution >= 4 is 27.3 Å². The molecule has 1 fully saturated rings. The molecule has 1 saturated heterocycles. The molecule has 2 aromatic carbocycles. The number of hydrogen-bond donors (Lipinski definition) is 1. The minimum atomic E-state index is -3.48. The van der Waals surface area contributed by atoms with Gasteiger partial charge >= 0.3 is 0 Å². The van der Waals surface area contributed by atoms with E-state index in [1.54, 1.807) is 12.1 Å². The van der Waals surface area contributed by atoms with Gasteiger partial charge in [-0.15, -0.1) is 0 Å². The molecule has 7 heteroatoms. The van der Waals surface area contributed by atoms with Crippen LogP contribution in [0.25, 0.3) is 0 Å². The lowest BCUT2D eigenvalue weighted by Crippen LogP contribution is -2.37. The summed E-state index contributed by atoms with van der Waals surface area (Å²) >= 11 is 6.40. The van der Waals surface area contributed by atoms with Crippen LogP contribution >= 0.6 is 11.6 Å². The van der Waals surface area contributed by atoms with Gasteiger partial charge < -0.3 is 5.32 Å². The van der Waals surface area contributed by atoms with Gasteiger partial charge in [0.25, 0.3) is 5.91 Å². The number of nitrogens with one attached hydrogen (secondary N) is 1. The molecular weight excluding hydrogens is 384 g/mol. The second-order valence-corrected chi connectivity index (χ2v) is 9.15. The third kappa shape index (κ3) is 4.69. The zero-order valence-corrected chi connectivity index (χ0v) is 16.8. The van der Waals surface area contributed by atoms with Crippen LogP contribution in [0.5, 0.6) is 0 Å². The summed E-state index contributed by atoms with van der Waals surface area (Å²) in [5.74, 6) is -0.396. The SMILES string of the molecule is CS(=O)(=O)c1ccccc1C(=O)NC[C@@H](c1ccccc1Cl)N1CCCC1. The molecule has 0 bridgehead atoms. The molecule has 0 saturated carbocycles. The molecule has 1 aliphatic rings. The van der Waals surface area contributed by atoms with Gasteiger partial charge in [-0.1, -0.05) is 41.9 Å². The van der Waals surface area contributed by atoms with Crippen molar-refractivity contribution < 1.29 is 13.2 Å². The smallest absolute Gasteiger partial charge is 0.252 e. The van der Waals surface area contributed by atoms with E-state index in [0.717, 1.165) is 37.8 Å². The zero-order valence-electron chi connectivity index (χ0n) is 15.2. The molecule has 1 heterocycles. The minimum Gasteiger partial charge on any atom is -0.350 e. The van der Waals surface area contributed by atoms with Crippen molar-refractivity contribution in [3.8, 4) is 0 Å². The van der Waals surface area contributed by atoms with Crippen LogP contribution in [0, 0.1) is 0 Å². The van der Waals surface area contributed by atoms with Crippen LogP contribution in [0.3, 0.4) is 0 Å². The number of sulfone groups is 1. The Labute approximate surface area is 165 Å². The molecule has 0 aromatic heterocycles. The first-order valence-electron chi connectivity index (χ1n) is 8.93. The minimum absolute atomic E-state index is 0.0398. The van der Waals surface area contributed by atoms with Crippen LogP contribution in [0.4, 0.5) is 0 Å². The number of likely N-dealkylation sites (tertiary alicyclic amines) is 1. The van der Waals surface area contributed by atoms with Gasteiger partial charge in [-0.2, -0.15) is 0 Å². The first kappa shape index (κ1) is 19.9. The number of carbonyl (C=O) groups excluding carboxylic acids is 1. The summed E-state index contributed by atoms with van der Waals surface area (Å²) in [5.41, 5.74) is 1.14. The van der Waals surface area contributed by atoms with Gasteiger partial charge in [0.15, 0.2) is 9.84 Å². The molecule has 1 amide bonds. The number of carbonyl (C=O) groups is 1. The Kier molecular flexibility index (Phi) is 6.19. The van der Waals surface area contributed by atoms with Crippen LogP contribution in [0.15, 0.2) is 53.4 Å². The van der Waals surface area contributed by atoms with Gasteiger partial charge in [-0.3, -0.25) is 9.69 Å². The second kappa shape index (κ2) is 8.42. The quantitative estimate of drug-likeness (QED) is 0.799. The van der Waals surface area contributed by atoms with E-state index in [9.17, 15) is 13.2 Å². The number of hydrogen-bond acceptors (Lipinski definition) is 4. The Hall–Kier alpha value is -1.89. The second-order valence-electron chi connectivity index (χ2n) is 6.76. The van der Waals surface area contributed by atoms with Gasteiger partial charge in [0.1, 0.15) is 0 Å². The first-order valence-corrected chi connectivity index (χ1v) is 11.2. The van der Waals surface area contributed by atoms with E-state index in [1.165, 1.54) is 12.1 Å². The van der Waals surface area contributed by atoms with Gasteiger partial charge in [0.2, 0.25) is 0 Å². The van der Waals surface area contributed by atoms with Crippen LogP contribution in [-0.2, 0) is 9.84 Å². The van der Waals surface area contributed by atoms with Gasteiger partial charge in [-0.25, -0.2) is 8.42 Å². The highest BCUT2D eigenvalue weighted by Crippen LogP contribution is 2.30. The van der Waals surface area contributed by atoms with E-state index in [1.807, 2.05) is 24.3 Å². The molecule has 0 unspecified atom stereocenters. The van der Waals surface area contributed by atoms with Crippen molar-refractivity contribution in [1.82, 2.24) is 10.2 Å². The van der Waals surface area contributed by atoms with Gasteiger partial charge in [-0.05, 0) is 49.7 Å². The lowest BCUT2D eigenvalue weighted by molar-refractivity contribution is 0.0934. The summed E-state index contributed by atoms with van der Waals surface area (Å²) in [6, 6.07) is 13.9. The highest BCUT2D eigenvalue weighted by Gasteiger charge is 2.26. The van der Waals surface area contributed by atoms with Crippen molar-refractivity contribution in [2.24, 2.45) is 0 Å². The lowest BCUT2D eigenvalue weighted by Gasteiger charge is -2.29. The fourth-order valence-corrected chi connectivity index (χ4v) is 4.64. The third-order valence-corrected chi connectivity index (χ3v) is 6.33. The maximum atomic E-state index is 12.7. The Morgan fingerprint density at radius 3 is 2.41 bits per heavy atom. The van der Waals surface area contributed by atoms with Crippen molar-refractivity contribution in [3.05, 3.63) is 64.7 Å². The summed E-state index contributed by atoms with van der Waals surface area (Å²) in [5, 5.41) is 3.58. The average Bonchev–Trinajstić information content (AvgIpc) is 3.17. The number of halogens is 1. The van der Waals surface area contributed by atoms with Crippen LogP contribution in [0.1, 0.15) is 34.8 Å². The molecule has 27 heavy (non-hydrogen) atoms. The predicted octanol–water partition coefficient (Wildman–Crippen LogP) is 3.31. The molecule has 1 aliphatic heterocycles. The van der Waals surface area contributed by atoms with E-state index in [2.05, 4.69) is 10.2 Å². The average molecular weight is 407 g/mol. The highest BCUT2D eigenvalue weighted by atomic mass is 35.5. The lowest BCUT2D eigenvalue weighted by atomic mass is 10.0. The van der Waals surface area contributed by atoms with E-state index < -0.39 is 15.7 Å². The molecule has 2 aromatic rings. The normalized spacial score (nSPS) is 16.2. The van der Waals surface area contributed by atoms with Crippen molar-refractivity contribution in [2.75, 3.05) is 25.9 Å². The maximum absolute atomic E-state index is 12.7. The summed E-state index contributed by atoms with van der Waals surface area (Å²) in [7, 11) is -3.48. The number of rotatable bonds is 6. The summed E-state index contributed by atoms with van der Waals surface area (Å²) in [4.78, 5) is 15.1. The van der Waals surface area contributed by atoms with Gasteiger partial charge in [0.05, 0.1) is 16.5 Å². The number of nitrogens with zero attached hydrogens (tertiary/aromatic N) is 1. The first-order chi connectivity index (χ1) is 12.9. The Morgan fingerprint density at radius 1 is 1.11 bits per heavy atom. The fourth-order valence-electron chi connectivity index (χ4n) is 3.50. The molecule has 1 N–H and O–H groups in total. The number of benzene rings is 2. The monoisotopic (exact) mass is 406 g/mol. The molecule has 144 valence electrons. The van der Waals surface area contributed by atoms with E-state index in [-0.39, 0.29) is 16.5 Å². The highest BCUT2D eigenvalue weighted by molar-refractivity contribution is 7.90. The van der Waals surface area contributed by atoms with Crippen molar-refractivity contribution in [1.29, 1.82) is 0 Å². The van der Waals surface area contributed by atoms with E-state index in [4.69, 9.17) is 11.6 Å². The largest absolute Gasteiger partial charge is 0.350 e. The van der Waals surface area contributed by atoms with E-state index in [0.29, 0.717) is 11.6 Å². The van der Waals surface area contributed by atoms with E-state index >= 15 is 0 Å². The Balaban J connectivity index is 1.82. The Bertz CT molecular complexity index is 924. The molecule has 0 aliphatic carbocycles. The van der Waals surface area contributed by atoms with Gasteiger partial charge in [0, 0.05) is 17.8 Å². The van der Waals surface area contributed by atoms with Crippen LogP contribution in [-0.4, -0.2) is 45.1 Å². The maximum Gasteiger partial charge on any atom is 0.252 e. The summed E-state index contributed by atoms with van der Waals surface area (Å²) < 4.78 is 23.9. The van der Waals surface area contributed by atoms with Crippen molar-refractivity contribution in [2.45, 2.75) is 23.8 Å². The molecule has 0 spiro atoms. The topological polar surface area (TPSA) is 66.5 Å². The zero-order chi connectivity index (χ0) is 19.4. The number of amides is 1.